The third-order valence-electron chi connectivity index (χ3n) is 5.99. The van der Waals surface area contributed by atoms with Crippen LogP contribution in [0.2, 0.25) is 0 Å². The van der Waals surface area contributed by atoms with E-state index in [1.54, 1.807) is 23.9 Å². The average Bonchev–Trinajstić information content (AvgIpc) is 3.31. The molecule has 0 spiro atoms. The maximum absolute atomic E-state index is 13.5. The highest BCUT2D eigenvalue weighted by Gasteiger charge is 2.26. The fourth-order valence-corrected chi connectivity index (χ4v) is 6.53. The van der Waals surface area contributed by atoms with Crippen LogP contribution >= 0.6 is 11.8 Å². The Morgan fingerprint density at radius 3 is 2.39 bits per heavy atom. The molecule has 1 amide bonds. The van der Waals surface area contributed by atoms with E-state index in [4.69, 9.17) is 0 Å². The number of unbranched alkanes of at least 4 members (excludes halogenated alkanes) is 1. The van der Waals surface area contributed by atoms with E-state index in [0.29, 0.717) is 35.3 Å². The van der Waals surface area contributed by atoms with Gasteiger partial charge in [0, 0.05) is 30.1 Å². The first-order chi connectivity index (χ1) is 17.4. The van der Waals surface area contributed by atoms with Gasteiger partial charge >= 0.3 is 0 Å². The molecule has 1 saturated heterocycles. The predicted molar refractivity (Wildman–Crippen MR) is 137 cm³/mol. The summed E-state index contributed by atoms with van der Waals surface area (Å²) in [6.45, 7) is 3.27. The standard InChI is InChI=1S/C25H30FN5O3S2/c1-2-3-17-35-25-29-28-23(31(25)21-11-9-20(26)10-12-21)18-27-24(32)19-7-13-22(14-8-19)36(33,34)30-15-5-4-6-16-30/h7-14H,2-6,15-18H2,1H3,(H,27,32). The lowest BCUT2D eigenvalue weighted by Crippen LogP contribution is -2.35. The van der Waals surface area contributed by atoms with Crippen LogP contribution in [0.4, 0.5) is 4.39 Å². The van der Waals surface area contributed by atoms with Gasteiger partial charge in [-0.1, -0.05) is 31.5 Å². The number of amides is 1. The van der Waals surface area contributed by atoms with Gasteiger partial charge in [-0.2, -0.15) is 4.31 Å². The summed E-state index contributed by atoms with van der Waals surface area (Å²) in [5.74, 6) is 0.686. The van der Waals surface area contributed by atoms with Crippen molar-refractivity contribution in [1.82, 2.24) is 24.4 Å². The number of hydrogen-bond donors (Lipinski definition) is 1. The minimum absolute atomic E-state index is 0.103. The van der Waals surface area contributed by atoms with E-state index >= 15 is 0 Å². The zero-order valence-electron chi connectivity index (χ0n) is 20.2. The summed E-state index contributed by atoms with van der Waals surface area (Å²) in [4.78, 5) is 13.0. The number of nitrogens with zero attached hydrogens (tertiary/aromatic N) is 4. The van der Waals surface area contributed by atoms with E-state index in [-0.39, 0.29) is 23.2 Å². The molecular formula is C25H30FN5O3S2. The van der Waals surface area contributed by atoms with Crippen molar-refractivity contribution in [2.24, 2.45) is 0 Å². The second-order valence-electron chi connectivity index (χ2n) is 8.58. The molecule has 0 saturated carbocycles. The van der Waals surface area contributed by atoms with E-state index in [0.717, 1.165) is 37.9 Å². The Morgan fingerprint density at radius 1 is 1.03 bits per heavy atom. The quantitative estimate of drug-likeness (QED) is 0.308. The van der Waals surface area contributed by atoms with E-state index < -0.39 is 10.0 Å². The van der Waals surface area contributed by atoms with Crippen molar-refractivity contribution in [3.05, 3.63) is 65.7 Å². The van der Waals surface area contributed by atoms with Gasteiger partial charge < -0.3 is 5.32 Å². The van der Waals surface area contributed by atoms with Gasteiger partial charge in [0.05, 0.1) is 11.4 Å². The molecule has 192 valence electrons. The smallest absolute Gasteiger partial charge is 0.251 e. The average molecular weight is 532 g/mol. The van der Waals surface area contributed by atoms with Crippen LogP contribution in [-0.2, 0) is 16.6 Å². The first-order valence-corrected chi connectivity index (χ1v) is 14.5. The molecule has 2 aromatic carbocycles. The summed E-state index contributed by atoms with van der Waals surface area (Å²) in [7, 11) is -3.56. The maximum atomic E-state index is 13.5. The second kappa shape index (κ2) is 12.0. The Hall–Kier alpha value is -2.76. The van der Waals surface area contributed by atoms with E-state index in [2.05, 4.69) is 22.4 Å². The molecular weight excluding hydrogens is 501 g/mol. The molecule has 11 heteroatoms. The van der Waals surface area contributed by atoms with Crippen molar-refractivity contribution < 1.29 is 17.6 Å². The molecule has 36 heavy (non-hydrogen) atoms. The molecule has 3 aromatic rings. The van der Waals surface area contributed by atoms with E-state index in [1.807, 2.05) is 4.57 Å². The number of carbonyl (C=O) groups excluding carboxylic acids is 1. The summed E-state index contributed by atoms with van der Waals surface area (Å²) in [6.07, 6.45) is 4.84. The van der Waals surface area contributed by atoms with Crippen molar-refractivity contribution in [2.45, 2.75) is 55.6 Å². The van der Waals surface area contributed by atoms with Crippen LogP contribution in [0.5, 0.6) is 0 Å². The van der Waals surface area contributed by atoms with Gasteiger partial charge in [-0.3, -0.25) is 9.36 Å². The molecule has 1 aliphatic rings. The van der Waals surface area contributed by atoms with Crippen LogP contribution in [0.3, 0.4) is 0 Å². The fourth-order valence-electron chi connectivity index (χ4n) is 3.96. The van der Waals surface area contributed by atoms with Crippen molar-refractivity contribution in [2.75, 3.05) is 18.8 Å². The van der Waals surface area contributed by atoms with Crippen LogP contribution in [0.25, 0.3) is 5.69 Å². The third kappa shape index (κ3) is 6.13. The molecule has 1 N–H and O–H groups in total. The summed E-state index contributed by atoms with van der Waals surface area (Å²) >= 11 is 1.56. The molecule has 1 fully saturated rings. The fraction of sp³-hybridized carbons (Fsp3) is 0.400. The molecule has 0 unspecified atom stereocenters. The van der Waals surface area contributed by atoms with Crippen molar-refractivity contribution >= 4 is 27.7 Å². The molecule has 1 aliphatic heterocycles. The molecule has 0 aliphatic carbocycles. The van der Waals surface area contributed by atoms with Crippen LogP contribution in [0.15, 0.2) is 58.6 Å². The van der Waals surface area contributed by atoms with Gasteiger partial charge in [0.1, 0.15) is 5.82 Å². The van der Waals surface area contributed by atoms with Gasteiger partial charge in [-0.05, 0) is 67.8 Å². The van der Waals surface area contributed by atoms with Gasteiger partial charge in [0.2, 0.25) is 10.0 Å². The minimum atomic E-state index is -3.56. The lowest BCUT2D eigenvalue weighted by molar-refractivity contribution is 0.0949. The molecule has 2 heterocycles. The summed E-state index contributed by atoms with van der Waals surface area (Å²) in [5.41, 5.74) is 1.05. The first kappa shape index (κ1) is 26.3. The van der Waals surface area contributed by atoms with Crippen LogP contribution < -0.4 is 5.32 Å². The third-order valence-corrected chi connectivity index (χ3v) is 8.92. The largest absolute Gasteiger partial charge is 0.345 e. The number of hydrogen-bond acceptors (Lipinski definition) is 6. The van der Waals surface area contributed by atoms with Crippen molar-refractivity contribution in [1.29, 1.82) is 0 Å². The zero-order chi connectivity index (χ0) is 25.5. The summed E-state index contributed by atoms with van der Waals surface area (Å²) < 4.78 is 42.5. The first-order valence-electron chi connectivity index (χ1n) is 12.1. The van der Waals surface area contributed by atoms with Crippen LogP contribution in [0, 0.1) is 5.82 Å². The SMILES string of the molecule is CCCCSc1nnc(CNC(=O)c2ccc(S(=O)(=O)N3CCCCC3)cc2)n1-c1ccc(F)cc1. The van der Waals surface area contributed by atoms with Crippen LogP contribution in [0.1, 0.15) is 55.2 Å². The highest BCUT2D eigenvalue weighted by atomic mass is 32.2. The topological polar surface area (TPSA) is 97.2 Å². The number of carbonyl (C=O) groups is 1. The number of sulfonamides is 1. The van der Waals surface area contributed by atoms with Crippen LogP contribution in [-0.4, -0.2) is 52.2 Å². The molecule has 0 bridgehead atoms. The Labute approximate surface area is 215 Å². The number of aromatic nitrogens is 3. The molecule has 1 aromatic heterocycles. The highest BCUT2D eigenvalue weighted by Crippen LogP contribution is 2.24. The number of piperidine rings is 1. The number of halogens is 1. The van der Waals surface area contributed by atoms with E-state index in [9.17, 15) is 17.6 Å². The number of rotatable bonds is 10. The number of benzene rings is 2. The Kier molecular flexibility index (Phi) is 8.76. The zero-order valence-corrected chi connectivity index (χ0v) is 21.8. The second-order valence-corrected chi connectivity index (χ2v) is 11.6. The van der Waals surface area contributed by atoms with E-state index in [1.165, 1.54) is 40.7 Å². The van der Waals surface area contributed by atoms with Gasteiger partial charge in [0.25, 0.3) is 5.91 Å². The molecule has 4 rings (SSSR count). The lowest BCUT2D eigenvalue weighted by Gasteiger charge is -2.25. The summed E-state index contributed by atoms with van der Waals surface area (Å²) in [6, 6.07) is 12.0. The number of thioether (sulfide) groups is 1. The lowest BCUT2D eigenvalue weighted by atomic mass is 10.2. The highest BCUT2D eigenvalue weighted by molar-refractivity contribution is 7.99. The monoisotopic (exact) mass is 531 g/mol. The predicted octanol–water partition coefficient (Wildman–Crippen LogP) is 4.40. The molecule has 0 radical (unpaired) electrons. The van der Waals surface area contributed by atoms with Gasteiger partial charge in [-0.25, -0.2) is 12.8 Å². The van der Waals surface area contributed by atoms with Gasteiger partial charge in [0.15, 0.2) is 11.0 Å². The molecule has 8 nitrogen and oxygen atoms in total. The Balaban J connectivity index is 1.47. The Bertz CT molecular complexity index is 1270. The van der Waals surface area contributed by atoms with Crippen molar-refractivity contribution in [3.63, 3.8) is 0 Å². The maximum Gasteiger partial charge on any atom is 0.251 e. The normalized spacial score (nSPS) is 14.6. The van der Waals surface area contributed by atoms with Gasteiger partial charge in [-0.15, -0.1) is 10.2 Å². The van der Waals surface area contributed by atoms with Crippen molar-refractivity contribution in [3.8, 4) is 5.69 Å². The molecule has 0 atom stereocenters. The number of nitrogens with one attached hydrogen (secondary N) is 1. The summed E-state index contributed by atoms with van der Waals surface area (Å²) in [5, 5.41) is 12.0. The Morgan fingerprint density at radius 2 is 1.72 bits per heavy atom. The minimum Gasteiger partial charge on any atom is -0.345 e.